The lowest BCUT2D eigenvalue weighted by molar-refractivity contribution is -0.157. The topological polar surface area (TPSA) is 68.8 Å². The van der Waals surface area contributed by atoms with Crippen LogP contribution in [0.4, 0.5) is 0 Å². The molecule has 1 aromatic carbocycles. The SMILES string of the molecule is O=C1[C@@H]2Cc3c([nH]c4ccccc34)CN2C(=O)CN1/N=C\c1cccs1. The Labute approximate surface area is 153 Å². The summed E-state index contributed by atoms with van der Waals surface area (Å²) in [6, 6.07) is 11.4. The molecule has 1 atom stereocenters. The molecular weight excluding hydrogens is 348 g/mol. The van der Waals surface area contributed by atoms with Crippen LogP contribution in [-0.4, -0.2) is 45.5 Å². The summed E-state index contributed by atoms with van der Waals surface area (Å²) in [6.45, 7) is 0.439. The number of para-hydroxylation sites is 1. The number of carbonyl (C=O) groups excluding carboxylic acids is 2. The summed E-state index contributed by atoms with van der Waals surface area (Å²) >= 11 is 1.54. The van der Waals surface area contributed by atoms with Crippen LogP contribution in [0.25, 0.3) is 10.9 Å². The molecule has 2 aliphatic heterocycles. The van der Waals surface area contributed by atoms with Gasteiger partial charge in [0.05, 0.1) is 12.8 Å². The number of nitrogens with one attached hydrogen (secondary N) is 1. The average molecular weight is 364 g/mol. The molecule has 0 saturated carbocycles. The Bertz CT molecular complexity index is 1040. The van der Waals surface area contributed by atoms with Crippen LogP contribution in [0.2, 0.25) is 0 Å². The van der Waals surface area contributed by atoms with Crippen LogP contribution in [0.3, 0.4) is 0 Å². The molecule has 5 rings (SSSR count). The molecular formula is C19H16N4O2S. The molecule has 1 fully saturated rings. The third-order valence-electron chi connectivity index (χ3n) is 5.02. The molecule has 0 unspecified atom stereocenters. The summed E-state index contributed by atoms with van der Waals surface area (Å²) in [5.41, 5.74) is 3.20. The second kappa shape index (κ2) is 5.81. The Morgan fingerprint density at radius 1 is 1.15 bits per heavy atom. The lowest BCUT2D eigenvalue weighted by Gasteiger charge is -2.40. The fraction of sp³-hybridized carbons (Fsp3) is 0.211. The van der Waals surface area contributed by atoms with Crippen molar-refractivity contribution in [2.24, 2.45) is 5.10 Å². The number of amides is 2. The fourth-order valence-corrected chi connectivity index (χ4v) is 4.33. The molecule has 26 heavy (non-hydrogen) atoms. The van der Waals surface area contributed by atoms with Crippen LogP contribution >= 0.6 is 11.3 Å². The van der Waals surface area contributed by atoms with Crippen molar-refractivity contribution in [1.29, 1.82) is 0 Å². The molecule has 130 valence electrons. The van der Waals surface area contributed by atoms with E-state index in [2.05, 4.69) is 16.2 Å². The van der Waals surface area contributed by atoms with Gasteiger partial charge in [0, 0.05) is 27.9 Å². The third kappa shape index (κ3) is 2.35. The standard InChI is InChI=1S/C19H16N4O2S/c24-18-11-23(20-9-12-4-3-7-26-12)19(25)17-8-14-13-5-1-2-6-15(13)21-16(14)10-22(17)18/h1-7,9,17,21H,8,10-11H2/b20-9-/t17-/m0/s1. The maximum absolute atomic E-state index is 12.9. The molecule has 7 heteroatoms. The minimum Gasteiger partial charge on any atom is -0.357 e. The van der Waals surface area contributed by atoms with Crippen LogP contribution in [0.1, 0.15) is 16.1 Å². The first-order valence-corrected chi connectivity index (χ1v) is 9.35. The smallest absolute Gasteiger partial charge is 0.266 e. The van der Waals surface area contributed by atoms with Crippen LogP contribution in [-0.2, 0) is 22.6 Å². The largest absolute Gasteiger partial charge is 0.357 e. The highest BCUT2D eigenvalue weighted by Gasteiger charge is 2.43. The van der Waals surface area contributed by atoms with E-state index in [1.807, 2.05) is 35.7 Å². The van der Waals surface area contributed by atoms with Gasteiger partial charge < -0.3 is 9.88 Å². The van der Waals surface area contributed by atoms with Gasteiger partial charge in [-0.25, -0.2) is 5.01 Å². The Morgan fingerprint density at radius 3 is 2.88 bits per heavy atom. The Hall–Kier alpha value is -2.93. The molecule has 2 aromatic heterocycles. The quantitative estimate of drug-likeness (QED) is 0.709. The van der Waals surface area contributed by atoms with Gasteiger partial charge in [-0.05, 0) is 23.1 Å². The van der Waals surface area contributed by atoms with Crippen molar-refractivity contribution in [3.8, 4) is 0 Å². The van der Waals surface area contributed by atoms with Crippen molar-refractivity contribution in [3.05, 3.63) is 57.9 Å². The first kappa shape index (κ1) is 15.3. The fourth-order valence-electron chi connectivity index (χ4n) is 3.75. The number of rotatable bonds is 2. The molecule has 2 aliphatic rings. The number of fused-ring (bicyclic) bond motifs is 4. The van der Waals surface area contributed by atoms with E-state index in [-0.39, 0.29) is 18.4 Å². The molecule has 1 N–H and O–H groups in total. The maximum atomic E-state index is 12.9. The summed E-state index contributed by atoms with van der Waals surface area (Å²) in [5.74, 6) is -0.185. The zero-order valence-electron chi connectivity index (χ0n) is 13.9. The van der Waals surface area contributed by atoms with Crippen LogP contribution in [0.15, 0.2) is 46.9 Å². The van der Waals surface area contributed by atoms with Crippen molar-refractivity contribution in [3.63, 3.8) is 0 Å². The van der Waals surface area contributed by atoms with Crippen LogP contribution in [0, 0.1) is 0 Å². The number of aromatic amines is 1. The normalized spacial score (nSPS) is 20.1. The molecule has 6 nitrogen and oxygen atoms in total. The third-order valence-corrected chi connectivity index (χ3v) is 5.82. The molecule has 3 aromatic rings. The summed E-state index contributed by atoms with van der Waals surface area (Å²) in [5, 5.41) is 8.65. The number of benzene rings is 1. The maximum Gasteiger partial charge on any atom is 0.266 e. The summed E-state index contributed by atoms with van der Waals surface area (Å²) < 4.78 is 0. The van der Waals surface area contributed by atoms with Gasteiger partial charge in [0.1, 0.15) is 12.6 Å². The van der Waals surface area contributed by atoms with Crippen LogP contribution in [0.5, 0.6) is 0 Å². The van der Waals surface area contributed by atoms with E-state index in [0.29, 0.717) is 13.0 Å². The second-order valence-corrected chi connectivity index (χ2v) is 7.50. The van der Waals surface area contributed by atoms with Gasteiger partial charge in [0.2, 0.25) is 5.91 Å². The Kier molecular flexibility index (Phi) is 3.43. The number of hydrogen-bond acceptors (Lipinski definition) is 4. The highest BCUT2D eigenvalue weighted by molar-refractivity contribution is 7.11. The van der Waals surface area contributed by atoms with Crippen molar-refractivity contribution >= 4 is 40.3 Å². The van der Waals surface area contributed by atoms with Gasteiger partial charge >= 0.3 is 0 Å². The zero-order chi connectivity index (χ0) is 17.7. The van der Waals surface area contributed by atoms with E-state index in [9.17, 15) is 9.59 Å². The first-order valence-electron chi connectivity index (χ1n) is 8.47. The molecule has 0 radical (unpaired) electrons. The van der Waals surface area contributed by atoms with E-state index < -0.39 is 6.04 Å². The predicted molar refractivity (Wildman–Crippen MR) is 100.0 cm³/mol. The Balaban J connectivity index is 1.48. The van der Waals surface area contributed by atoms with E-state index in [1.54, 1.807) is 22.5 Å². The molecule has 4 heterocycles. The van der Waals surface area contributed by atoms with Gasteiger partial charge in [0.25, 0.3) is 5.91 Å². The van der Waals surface area contributed by atoms with Crippen molar-refractivity contribution < 1.29 is 9.59 Å². The number of hydrogen-bond donors (Lipinski definition) is 1. The van der Waals surface area contributed by atoms with Gasteiger partial charge in [-0.15, -0.1) is 11.3 Å². The number of hydrazone groups is 1. The lowest BCUT2D eigenvalue weighted by Crippen LogP contribution is -2.60. The highest BCUT2D eigenvalue weighted by Crippen LogP contribution is 2.32. The number of thiophene rings is 1. The monoisotopic (exact) mass is 364 g/mol. The molecule has 0 bridgehead atoms. The van der Waals surface area contributed by atoms with Gasteiger partial charge in [0.15, 0.2) is 0 Å². The van der Waals surface area contributed by atoms with Crippen LogP contribution < -0.4 is 0 Å². The number of aromatic nitrogens is 1. The summed E-state index contributed by atoms with van der Waals surface area (Å²) in [7, 11) is 0. The second-order valence-electron chi connectivity index (χ2n) is 6.53. The Morgan fingerprint density at radius 2 is 2.04 bits per heavy atom. The number of H-pyrrole nitrogens is 1. The van der Waals surface area contributed by atoms with Gasteiger partial charge in [-0.3, -0.25) is 9.59 Å². The minimum atomic E-state index is -0.483. The lowest BCUT2D eigenvalue weighted by atomic mass is 9.94. The molecule has 1 saturated heterocycles. The highest BCUT2D eigenvalue weighted by atomic mass is 32.1. The average Bonchev–Trinajstić information content (AvgIpc) is 3.29. The predicted octanol–water partition coefficient (Wildman–Crippen LogP) is 2.36. The van der Waals surface area contributed by atoms with Crippen molar-refractivity contribution in [2.45, 2.75) is 19.0 Å². The summed E-state index contributed by atoms with van der Waals surface area (Å²) in [4.78, 5) is 31.6. The van der Waals surface area contributed by atoms with E-state index in [4.69, 9.17) is 0 Å². The number of nitrogens with zero attached hydrogens (tertiary/aromatic N) is 3. The van der Waals surface area contributed by atoms with Crippen molar-refractivity contribution in [2.75, 3.05) is 6.54 Å². The molecule has 0 aliphatic carbocycles. The van der Waals surface area contributed by atoms with E-state index in [1.165, 1.54) is 5.01 Å². The zero-order valence-corrected chi connectivity index (χ0v) is 14.7. The van der Waals surface area contributed by atoms with E-state index >= 15 is 0 Å². The minimum absolute atomic E-state index is 0.00717. The molecule has 2 amide bonds. The molecule has 0 spiro atoms. The number of piperazine rings is 1. The van der Waals surface area contributed by atoms with Gasteiger partial charge in [-0.2, -0.15) is 5.10 Å². The van der Waals surface area contributed by atoms with Gasteiger partial charge in [-0.1, -0.05) is 24.3 Å². The van der Waals surface area contributed by atoms with Crippen molar-refractivity contribution in [1.82, 2.24) is 14.9 Å². The first-order chi connectivity index (χ1) is 12.7. The number of carbonyl (C=O) groups is 2. The van der Waals surface area contributed by atoms with E-state index in [0.717, 1.165) is 27.0 Å². The summed E-state index contributed by atoms with van der Waals surface area (Å²) in [6.07, 6.45) is 2.17.